The molecule has 7 nitrogen and oxygen atoms in total. The molecule has 24 heavy (non-hydrogen) atoms. The monoisotopic (exact) mass is 343 g/mol. The lowest BCUT2D eigenvalue weighted by atomic mass is 10.1. The molecule has 0 aliphatic carbocycles. The first-order valence-electron chi connectivity index (χ1n) is 7.48. The van der Waals surface area contributed by atoms with E-state index < -0.39 is 0 Å². The Kier molecular flexibility index (Phi) is 4.95. The maximum atomic E-state index is 12.2. The Morgan fingerprint density at radius 2 is 2.04 bits per heavy atom. The van der Waals surface area contributed by atoms with Crippen molar-refractivity contribution in [2.24, 2.45) is 0 Å². The summed E-state index contributed by atoms with van der Waals surface area (Å²) in [6.07, 6.45) is 4.13. The van der Waals surface area contributed by atoms with Crippen LogP contribution in [0.15, 0.2) is 45.8 Å². The van der Waals surface area contributed by atoms with Crippen molar-refractivity contribution in [1.82, 2.24) is 20.0 Å². The van der Waals surface area contributed by atoms with Crippen molar-refractivity contribution in [3.05, 3.63) is 53.7 Å². The van der Waals surface area contributed by atoms with Crippen molar-refractivity contribution < 1.29 is 9.21 Å². The highest BCUT2D eigenvalue weighted by Gasteiger charge is 2.15. The predicted molar refractivity (Wildman–Crippen MR) is 91.2 cm³/mol. The highest BCUT2D eigenvalue weighted by Crippen LogP contribution is 2.17. The van der Waals surface area contributed by atoms with Crippen LogP contribution in [0.1, 0.15) is 28.9 Å². The number of aromatic nitrogens is 4. The molecule has 8 heteroatoms. The SMILES string of the molecule is CCn1nccc1C(=O)Nc1nnc(Cc2ccc(SC)cc2)o1. The summed E-state index contributed by atoms with van der Waals surface area (Å²) in [5.41, 5.74) is 1.52. The molecule has 3 aromatic rings. The maximum absolute atomic E-state index is 12.2. The standard InChI is InChI=1S/C16H17N5O2S/c1-3-21-13(8-9-17-21)15(22)18-16-20-19-14(23-16)10-11-4-6-12(24-2)7-5-11/h4-9H,3,10H2,1-2H3,(H,18,20,22). The summed E-state index contributed by atoms with van der Waals surface area (Å²) in [5.74, 6) is 0.125. The number of nitrogens with one attached hydrogen (secondary N) is 1. The molecule has 1 amide bonds. The minimum atomic E-state index is -0.325. The van der Waals surface area contributed by atoms with Crippen LogP contribution in [0, 0.1) is 0 Å². The number of thioether (sulfide) groups is 1. The van der Waals surface area contributed by atoms with Gasteiger partial charge in [-0.1, -0.05) is 17.2 Å². The summed E-state index contributed by atoms with van der Waals surface area (Å²) >= 11 is 1.69. The Hall–Kier alpha value is -2.61. The molecule has 2 heterocycles. The largest absolute Gasteiger partial charge is 0.407 e. The normalized spacial score (nSPS) is 10.8. The lowest BCUT2D eigenvalue weighted by Gasteiger charge is -2.03. The summed E-state index contributed by atoms with van der Waals surface area (Å²) in [6, 6.07) is 9.86. The zero-order valence-corrected chi connectivity index (χ0v) is 14.2. The molecular formula is C16H17N5O2S. The molecule has 3 rings (SSSR count). The van der Waals surface area contributed by atoms with E-state index in [1.165, 1.54) is 4.90 Å². The number of nitrogens with zero attached hydrogens (tertiary/aromatic N) is 4. The topological polar surface area (TPSA) is 85.8 Å². The zero-order valence-electron chi connectivity index (χ0n) is 13.4. The summed E-state index contributed by atoms with van der Waals surface area (Å²) < 4.78 is 7.09. The molecule has 0 saturated heterocycles. The van der Waals surface area contributed by atoms with Gasteiger partial charge in [0.1, 0.15) is 5.69 Å². The summed E-state index contributed by atoms with van der Waals surface area (Å²) in [4.78, 5) is 13.4. The fourth-order valence-electron chi connectivity index (χ4n) is 2.23. The third kappa shape index (κ3) is 3.65. The van der Waals surface area contributed by atoms with Crippen LogP contribution in [-0.2, 0) is 13.0 Å². The smallest absolute Gasteiger partial charge is 0.322 e. The van der Waals surface area contributed by atoms with Gasteiger partial charge < -0.3 is 4.42 Å². The van der Waals surface area contributed by atoms with Gasteiger partial charge in [-0.2, -0.15) is 5.10 Å². The third-order valence-corrected chi connectivity index (χ3v) is 4.19. The summed E-state index contributed by atoms with van der Waals surface area (Å²) in [7, 11) is 0. The van der Waals surface area contributed by atoms with Crippen LogP contribution in [0.2, 0.25) is 0 Å². The molecule has 0 aliphatic rings. The highest BCUT2D eigenvalue weighted by atomic mass is 32.2. The Bertz CT molecular complexity index is 825. The molecule has 0 fully saturated rings. The fraction of sp³-hybridized carbons (Fsp3) is 0.250. The van der Waals surface area contributed by atoms with Gasteiger partial charge in [0.25, 0.3) is 5.91 Å². The Labute approximate surface area is 143 Å². The van der Waals surface area contributed by atoms with Gasteiger partial charge in [0.2, 0.25) is 5.89 Å². The van der Waals surface area contributed by atoms with E-state index in [4.69, 9.17) is 4.42 Å². The summed E-state index contributed by atoms with van der Waals surface area (Å²) in [5, 5.41) is 14.5. The zero-order chi connectivity index (χ0) is 16.9. The number of hydrogen-bond donors (Lipinski definition) is 1. The van der Waals surface area contributed by atoms with Crippen LogP contribution in [0.5, 0.6) is 0 Å². The number of aryl methyl sites for hydroxylation is 1. The Morgan fingerprint density at radius 3 is 2.75 bits per heavy atom. The number of amides is 1. The molecule has 124 valence electrons. The Morgan fingerprint density at radius 1 is 1.25 bits per heavy atom. The molecule has 2 aromatic heterocycles. The molecule has 0 radical (unpaired) electrons. The van der Waals surface area contributed by atoms with E-state index in [-0.39, 0.29) is 11.9 Å². The van der Waals surface area contributed by atoms with Gasteiger partial charge in [-0.25, -0.2) is 0 Å². The van der Waals surface area contributed by atoms with Crippen LogP contribution in [0.3, 0.4) is 0 Å². The van der Waals surface area contributed by atoms with Crippen molar-refractivity contribution in [2.75, 3.05) is 11.6 Å². The first kappa shape index (κ1) is 16.3. The van der Waals surface area contributed by atoms with Crippen molar-refractivity contribution in [3.63, 3.8) is 0 Å². The van der Waals surface area contributed by atoms with E-state index >= 15 is 0 Å². The van der Waals surface area contributed by atoms with Crippen molar-refractivity contribution in [1.29, 1.82) is 0 Å². The van der Waals surface area contributed by atoms with Gasteiger partial charge >= 0.3 is 6.01 Å². The summed E-state index contributed by atoms with van der Waals surface area (Å²) in [6.45, 7) is 2.52. The molecule has 0 aliphatic heterocycles. The van der Waals surface area contributed by atoms with E-state index in [0.717, 1.165) is 5.56 Å². The number of anilines is 1. The third-order valence-electron chi connectivity index (χ3n) is 3.45. The van der Waals surface area contributed by atoms with E-state index in [9.17, 15) is 4.79 Å². The highest BCUT2D eigenvalue weighted by molar-refractivity contribution is 7.98. The molecule has 0 spiro atoms. The second-order valence-corrected chi connectivity index (χ2v) is 5.89. The van der Waals surface area contributed by atoms with E-state index in [1.807, 2.05) is 37.4 Å². The van der Waals surface area contributed by atoms with Gasteiger partial charge in [0.15, 0.2) is 0 Å². The van der Waals surface area contributed by atoms with Crippen LogP contribution in [-0.4, -0.2) is 32.1 Å². The van der Waals surface area contributed by atoms with Crippen molar-refractivity contribution in [2.45, 2.75) is 24.8 Å². The molecular weight excluding hydrogens is 326 g/mol. The Balaban J connectivity index is 1.65. The van der Waals surface area contributed by atoms with Gasteiger partial charge in [0.05, 0.1) is 6.42 Å². The van der Waals surface area contributed by atoms with E-state index in [0.29, 0.717) is 24.6 Å². The second-order valence-electron chi connectivity index (χ2n) is 5.01. The minimum absolute atomic E-state index is 0.0830. The second kappa shape index (κ2) is 7.31. The fourth-order valence-corrected chi connectivity index (χ4v) is 2.64. The van der Waals surface area contributed by atoms with Crippen molar-refractivity contribution >= 4 is 23.7 Å². The number of rotatable bonds is 6. The van der Waals surface area contributed by atoms with Crippen molar-refractivity contribution in [3.8, 4) is 0 Å². The average molecular weight is 343 g/mol. The first-order valence-corrected chi connectivity index (χ1v) is 8.70. The van der Waals surface area contributed by atoms with Gasteiger partial charge in [-0.05, 0) is 36.9 Å². The molecule has 0 saturated carbocycles. The molecule has 1 aromatic carbocycles. The predicted octanol–water partition coefficient (Wildman–Crippen LogP) is 2.85. The number of hydrogen-bond acceptors (Lipinski definition) is 6. The number of carbonyl (C=O) groups excluding carboxylic acids is 1. The van der Waals surface area contributed by atoms with E-state index in [2.05, 4.69) is 20.6 Å². The van der Waals surface area contributed by atoms with Crippen LogP contribution >= 0.6 is 11.8 Å². The van der Waals surface area contributed by atoms with Crippen LogP contribution in [0.25, 0.3) is 0 Å². The maximum Gasteiger partial charge on any atom is 0.322 e. The van der Waals surface area contributed by atoms with Gasteiger partial charge in [0, 0.05) is 17.6 Å². The minimum Gasteiger partial charge on any atom is -0.407 e. The van der Waals surface area contributed by atoms with Crippen LogP contribution in [0.4, 0.5) is 6.01 Å². The molecule has 0 bridgehead atoms. The molecule has 0 unspecified atom stereocenters. The molecule has 1 N–H and O–H groups in total. The molecule has 0 atom stereocenters. The number of benzene rings is 1. The average Bonchev–Trinajstić information content (AvgIpc) is 3.24. The quantitative estimate of drug-likeness (QED) is 0.693. The van der Waals surface area contributed by atoms with Gasteiger partial charge in [-0.15, -0.1) is 16.9 Å². The van der Waals surface area contributed by atoms with E-state index in [1.54, 1.807) is 28.7 Å². The number of carbonyl (C=O) groups is 1. The first-order chi connectivity index (χ1) is 11.7. The van der Waals surface area contributed by atoms with Gasteiger partial charge in [-0.3, -0.25) is 14.8 Å². The lowest BCUT2D eigenvalue weighted by molar-refractivity contribution is 0.101. The lowest BCUT2D eigenvalue weighted by Crippen LogP contribution is -2.17. The van der Waals surface area contributed by atoms with Crippen LogP contribution < -0.4 is 5.32 Å².